The number of amides is 1. The van der Waals surface area contributed by atoms with Gasteiger partial charge in [0, 0.05) is 24.1 Å². The fourth-order valence-electron chi connectivity index (χ4n) is 3.13. The Balaban J connectivity index is 1.55. The summed E-state index contributed by atoms with van der Waals surface area (Å²) >= 11 is 0. The third-order valence-electron chi connectivity index (χ3n) is 4.74. The van der Waals surface area contributed by atoms with Gasteiger partial charge in [0.25, 0.3) is 5.69 Å². The summed E-state index contributed by atoms with van der Waals surface area (Å²) in [5.74, 6) is -1.40. The number of hydrogen-bond acceptors (Lipinski definition) is 8. The number of likely N-dealkylation sites (tertiary alicyclic amines) is 1. The Bertz CT molecular complexity index is 961. The number of Topliss-reactive ketones (excluding diaryl/α,β-unsaturated/α-hetero) is 1. The van der Waals surface area contributed by atoms with E-state index < -0.39 is 41.5 Å². The normalized spacial score (nSPS) is 17.8. The van der Waals surface area contributed by atoms with Crippen LogP contribution in [0, 0.1) is 10.1 Å². The van der Waals surface area contributed by atoms with E-state index in [0.717, 1.165) is 10.5 Å². The lowest BCUT2D eigenvalue weighted by Crippen LogP contribution is -2.42. The number of aliphatic hydroxyl groups is 1. The van der Waals surface area contributed by atoms with Crippen molar-refractivity contribution in [3.05, 3.63) is 75.8 Å². The molecule has 2 aromatic carbocycles. The number of carbonyl (C=O) groups is 3. The summed E-state index contributed by atoms with van der Waals surface area (Å²) in [6, 6.07) is 12.8. The Morgan fingerprint density at radius 1 is 1.06 bits per heavy atom. The monoisotopic (exact) mass is 428 g/mol. The lowest BCUT2D eigenvalue weighted by atomic mass is 10.1. The molecule has 0 unspecified atom stereocenters. The molecule has 0 spiro atoms. The van der Waals surface area contributed by atoms with E-state index in [2.05, 4.69) is 0 Å². The van der Waals surface area contributed by atoms with Crippen molar-refractivity contribution in [2.75, 3.05) is 13.2 Å². The molecule has 1 N–H and O–H groups in total. The minimum Gasteiger partial charge on any atom is -0.456 e. The highest BCUT2D eigenvalue weighted by molar-refractivity contribution is 5.98. The van der Waals surface area contributed by atoms with E-state index in [1.807, 2.05) is 6.07 Å². The number of nitro groups is 1. The summed E-state index contributed by atoms with van der Waals surface area (Å²) < 4.78 is 10.2. The van der Waals surface area contributed by atoms with Gasteiger partial charge in [-0.2, -0.15) is 0 Å². The van der Waals surface area contributed by atoms with E-state index in [9.17, 15) is 29.6 Å². The van der Waals surface area contributed by atoms with Crippen molar-refractivity contribution in [3.63, 3.8) is 0 Å². The van der Waals surface area contributed by atoms with Crippen LogP contribution in [0.25, 0.3) is 0 Å². The molecule has 1 saturated heterocycles. The number of ether oxygens (including phenoxy) is 2. The third-order valence-corrected chi connectivity index (χ3v) is 4.74. The number of ketones is 1. The van der Waals surface area contributed by atoms with Crippen LogP contribution in [0.3, 0.4) is 0 Å². The Morgan fingerprint density at radius 2 is 1.74 bits per heavy atom. The second-order valence-corrected chi connectivity index (χ2v) is 6.93. The molecule has 0 radical (unpaired) electrons. The zero-order valence-corrected chi connectivity index (χ0v) is 16.4. The minimum absolute atomic E-state index is 0.00661. The molecule has 1 fully saturated rings. The molecule has 0 aromatic heterocycles. The number of non-ortho nitro benzene ring substituents is 1. The van der Waals surface area contributed by atoms with E-state index >= 15 is 0 Å². The van der Waals surface area contributed by atoms with Gasteiger partial charge in [-0.1, -0.05) is 30.3 Å². The zero-order chi connectivity index (χ0) is 22.4. The number of esters is 1. The standard InChI is InChI=1S/C21H20N2O8/c24-17-10-18(22(11-17)21(27)31-12-14-4-2-1-3-5-14)20(26)30-13-19(25)15-6-8-16(9-7-15)23(28)29/h1-9,17-18,24H,10-13H2/t17-,18-/m1/s1. The van der Waals surface area contributed by atoms with Crippen molar-refractivity contribution in [2.45, 2.75) is 25.2 Å². The van der Waals surface area contributed by atoms with Crippen LogP contribution in [0.1, 0.15) is 22.3 Å². The van der Waals surface area contributed by atoms with Gasteiger partial charge in [0.15, 0.2) is 12.4 Å². The highest BCUT2D eigenvalue weighted by atomic mass is 16.6. The maximum atomic E-state index is 12.4. The van der Waals surface area contributed by atoms with Gasteiger partial charge >= 0.3 is 12.1 Å². The molecule has 10 nitrogen and oxygen atoms in total. The first-order chi connectivity index (χ1) is 14.8. The topological polar surface area (TPSA) is 136 Å². The highest BCUT2D eigenvalue weighted by Gasteiger charge is 2.41. The van der Waals surface area contributed by atoms with Crippen molar-refractivity contribution in [3.8, 4) is 0 Å². The second kappa shape index (κ2) is 9.81. The summed E-state index contributed by atoms with van der Waals surface area (Å²) in [5.41, 5.74) is 0.741. The SMILES string of the molecule is O=C(COC(=O)[C@H]1C[C@@H](O)CN1C(=O)OCc1ccccc1)c1ccc([N+](=O)[O-])cc1. The lowest BCUT2D eigenvalue weighted by Gasteiger charge is -2.22. The molecule has 3 rings (SSSR count). The van der Waals surface area contributed by atoms with Gasteiger partial charge in [0.2, 0.25) is 0 Å². The maximum Gasteiger partial charge on any atom is 0.410 e. The molecule has 0 saturated carbocycles. The van der Waals surface area contributed by atoms with Crippen LogP contribution in [0.2, 0.25) is 0 Å². The van der Waals surface area contributed by atoms with Gasteiger partial charge < -0.3 is 14.6 Å². The van der Waals surface area contributed by atoms with Gasteiger partial charge in [-0.25, -0.2) is 9.59 Å². The fraction of sp³-hybridized carbons (Fsp3) is 0.286. The third kappa shape index (κ3) is 5.64. The number of aliphatic hydroxyl groups excluding tert-OH is 1. The Labute approximate surface area is 177 Å². The number of carbonyl (C=O) groups excluding carboxylic acids is 3. The van der Waals surface area contributed by atoms with Gasteiger partial charge in [-0.05, 0) is 17.7 Å². The number of benzene rings is 2. The zero-order valence-electron chi connectivity index (χ0n) is 16.4. The van der Waals surface area contributed by atoms with Gasteiger partial charge in [0.05, 0.1) is 17.6 Å². The van der Waals surface area contributed by atoms with Crippen LogP contribution in [0.15, 0.2) is 54.6 Å². The number of hydrogen-bond donors (Lipinski definition) is 1. The maximum absolute atomic E-state index is 12.4. The number of nitro benzene ring substituents is 1. The average Bonchev–Trinajstić information content (AvgIpc) is 3.18. The molecule has 1 aliphatic heterocycles. The van der Waals surface area contributed by atoms with Gasteiger partial charge in [-0.15, -0.1) is 0 Å². The van der Waals surface area contributed by atoms with Crippen molar-refractivity contribution in [1.82, 2.24) is 4.90 Å². The average molecular weight is 428 g/mol. The molecular weight excluding hydrogens is 408 g/mol. The molecule has 162 valence electrons. The van der Waals surface area contributed by atoms with Gasteiger partial charge in [0.1, 0.15) is 12.6 Å². The number of nitrogens with zero attached hydrogens (tertiary/aromatic N) is 2. The predicted molar refractivity (Wildman–Crippen MR) is 106 cm³/mol. The van der Waals surface area contributed by atoms with Crippen LogP contribution in [0.4, 0.5) is 10.5 Å². The van der Waals surface area contributed by atoms with Crippen LogP contribution in [-0.4, -0.2) is 58.1 Å². The molecule has 0 bridgehead atoms. The molecule has 2 aromatic rings. The molecule has 0 aliphatic carbocycles. The van der Waals surface area contributed by atoms with Crippen molar-refractivity contribution in [1.29, 1.82) is 0 Å². The first-order valence-corrected chi connectivity index (χ1v) is 9.45. The predicted octanol–water partition coefficient (Wildman–Crippen LogP) is 2.09. The Kier molecular flexibility index (Phi) is 6.93. The summed E-state index contributed by atoms with van der Waals surface area (Å²) in [6.45, 7) is -0.688. The quantitative estimate of drug-likeness (QED) is 0.306. The summed E-state index contributed by atoms with van der Waals surface area (Å²) in [4.78, 5) is 48.2. The highest BCUT2D eigenvalue weighted by Crippen LogP contribution is 2.21. The first kappa shape index (κ1) is 21.9. The van der Waals surface area contributed by atoms with Crippen molar-refractivity contribution in [2.24, 2.45) is 0 Å². The Morgan fingerprint density at radius 3 is 2.39 bits per heavy atom. The summed E-state index contributed by atoms with van der Waals surface area (Å²) in [6.07, 6.45) is -1.73. The van der Waals surface area contributed by atoms with Crippen LogP contribution >= 0.6 is 0 Å². The minimum atomic E-state index is -1.08. The van der Waals surface area contributed by atoms with Crippen LogP contribution < -0.4 is 0 Å². The smallest absolute Gasteiger partial charge is 0.410 e. The van der Waals surface area contributed by atoms with Crippen molar-refractivity contribution < 1.29 is 33.9 Å². The van der Waals surface area contributed by atoms with Crippen molar-refractivity contribution >= 4 is 23.5 Å². The van der Waals surface area contributed by atoms with E-state index in [1.165, 1.54) is 24.3 Å². The second-order valence-electron chi connectivity index (χ2n) is 6.93. The van der Waals surface area contributed by atoms with Crippen LogP contribution in [0.5, 0.6) is 0 Å². The molecule has 10 heteroatoms. The molecule has 1 aliphatic rings. The van der Waals surface area contributed by atoms with E-state index in [0.29, 0.717) is 0 Å². The van der Waals surface area contributed by atoms with Gasteiger partial charge in [-0.3, -0.25) is 19.8 Å². The number of rotatable bonds is 7. The fourth-order valence-corrected chi connectivity index (χ4v) is 3.13. The van der Waals surface area contributed by atoms with E-state index in [-0.39, 0.29) is 30.8 Å². The van der Waals surface area contributed by atoms with E-state index in [1.54, 1.807) is 24.3 Å². The van der Waals surface area contributed by atoms with E-state index in [4.69, 9.17) is 9.47 Å². The molecule has 31 heavy (non-hydrogen) atoms. The molecule has 1 amide bonds. The number of β-amino-alcohol motifs (C(OH)–C–C–N with tert-alkyl or cyclic N) is 1. The molecule has 2 atom stereocenters. The summed E-state index contributed by atoms with van der Waals surface area (Å²) in [5, 5.41) is 20.6. The lowest BCUT2D eigenvalue weighted by molar-refractivity contribution is -0.384. The Hall–Kier alpha value is -3.79. The summed E-state index contributed by atoms with van der Waals surface area (Å²) in [7, 11) is 0. The first-order valence-electron chi connectivity index (χ1n) is 9.45. The van der Waals surface area contributed by atoms with Crippen LogP contribution in [-0.2, 0) is 20.9 Å². The molecular formula is C21H20N2O8. The molecule has 1 heterocycles. The largest absolute Gasteiger partial charge is 0.456 e.